The van der Waals surface area contributed by atoms with Crippen LogP contribution in [0, 0.1) is 5.92 Å². The van der Waals surface area contributed by atoms with Gasteiger partial charge in [-0.3, -0.25) is 0 Å². The molecule has 114 valence electrons. The molecule has 2 rings (SSSR count). The van der Waals surface area contributed by atoms with E-state index in [1.807, 2.05) is 16.8 Å². The van der Waals surface area contributed by atoms with Crippen molar-refractivity contribution in [3.63, 3.8) is 0 Å². The topological polar surface area (TPSA) is 39.9 Å². The van der Waals surface area contributed by atoms with E-state index in [0.717, 1.165) is 24.4 Å². The van der Waals surface area contributed by atoms with E-state index in [1.165, 1.54) is 5.56 Å². The lowest BCUT2D eigenvalue weighted by atomic mass is 9.97. The van der Waals surface area contributed by atoms with Crippen molar-refractivity contribution in [2.75, 3.05) is 13.0 Å². The molecule has 0 saturated heterocycles. The van der Waals surface area contributed by atoms with Gasteiger partial charge in [0, 0.05) is 18.3 Å². The Morgan fingerprint density at radius 1 is 1.19 bits per heavy atom. The highest BCUT2D eigenvalue weighted by Gasteiger charge is 2.15. The van der Waals surface area contributed by atoms with Crippen molar-refractivity contribution in [2.24, 2.45) is 5.92 Å². The normalized spacial score (nSPS) is 12.6. The smallest absolute Gasteiger partial charge is 0.138 e. The molecule has 1 unspecified atom stereocenters. The second-order valence-electron chi connectivity index (χ2n) is 5.49. The molecular formula is C16H22ClN3O. The van der Waals surface area contributed by atoms with Gasteiger partial charge in [-0.05, 0) is 43.9 Å². The summed E-state index contributed by atoms with van der Waals surface area (Å²) in [4.78, 5) is 4.37. The van der Waals surface area contributed by atoms with Gasteiger partial charge in [0.25, 0.3) is 0 Å². The number of methoxy groups -OCH3 is 1. The minimum atomic E-state index is 0.319. The van der Waals surface area contributed by atoms with Gasteiger partial charge in [0.1, 0.15) is 17.9 Å². The second-order valence-corrected chi connectivity index (χ2v) is 5.80. The minimum Gasteiger partial charge on any atom is -0.497 e. The first-order valence-corrected chi connectivity index (χ1v) is 7.74. The zero-order valence-electron chi connectivity index (χ0n) is 12.8. The highest BCUT2D eigenvalue weighted by atomic mass is 35.5. The third kappa shape index (κ3) is 4.21. The summed E-state index contributed by atoms with van der Waals surface area (Å²) in [6.07, 6.45) is 3.39. The van der Waals surface area contributed by atoms with Crippen LogP contribution < -0.4 is 4.74 Å². The average molecular weight is 308 g/mol. The molecule has 21 heavy (non-hydrogen) atoms. The minimum absolute atomic E-state index is 0.319. The quantitative estimate of drug-likeness (QED) is 0.735. The summed E-state index contributed by atoms with van der Waals surface area (Å²) in [5.74, 6) is 2.84. The van der Waals surface area contributed by atoms with Crippen LogP contribution in [0.5, 0.6) is 5.75 Å². The standard InChI is InChI=1S/C16H22ClN3O/c1-12(2)20-16(18-11-19-20)9-14(10-17)8-13-4-6-15(21-3)7-5-13/h4-7,11-12,14H,8-10H2,1-3H3. The lowest BCUT2D eigenvalue weighted by Crippen LogP contribution is -2.16. The number of hydrogen-bond donors (Lipinski definition) is 0. The highest BCUT2D eigenvalue weighted by molar-refractivity contribution is 6.18. The second kappa shape index (κ2) is 7.46. The number of ether oxygens (including phenoxy) is 1. The highest BCUT2D eigenvalue weighted by Crippen LogP contribution is 2.19. The van der Waals surface area contributed by atoms with E-state index in [2.05, 4.69) is 36.1 Å². The van der Waals surface area contributed by atoms with Crippen molar-refractivity contribution in [3.8, 4) is 5.75 Å². The largest absolute Gasteiger partial charge is 0.497 e. The number of alkyl halides is 1. The maximum atomic E-state index is 6.14. The number of benzene rings is 1. The van der Waals surface area contributed by atoms with Crippen LogP contribution in [-0.2, 0) is 12.8 Å². The van der Waals surface area contributed by atoms with Gasteiger partial charge in [0.2, 0.25) is 0 Å². The SMILES string of the molecule is COc1ccc(CC(CCl)Cc2ncnn2C(C)C)cc1. The fourth-order valence-corrected chi connectivity index (χ4v) is 2.60. The van der Waals surface area contributed by atoms with Gasteiger partial charge in [-0.2, -0.15) is 5.10 Å². The van der Waals surface area contributed by atoms with Crippen LogP contribution in [0.2, 0.25) is 0 Å². The van der Waals surface area contributed by atoms with Gasteiger partial charge in [-0.15, -0.1) is 11.6 Å². The Hall–Kier alpha value is -1.55. The van der Waals surface area contributed by atoms with Gasteiger partial charge < -0.3 is 4.74 Å². The number of rotatable bonds is 7. The fourth-order valence-electron chi connectivity index (χ4n) is 2.39. The predicted octanol–water partition coefficient (Wildman–Crippen LogP) is 3.51. The summed E-state index contributed by atoms with van der Waals surface area (Å²) in [6.45, 7) is 4.22. The zero-order valence-corrected chi connectivity index (χ0v) is 13.5. The summed E-state index contributed by atoms with van der Waals surface area (Å²) < 4.78 is 7.15. The monoisotopic (exact) mass is 307 g/mol. The molecule has 5 heteroatoms. The molecule has 0 radical (unpaired) electrons. The van der Waals surface area contributed by atoms with Crippen molar-refractivity contribution >= 4 is 11.6 Å². The van der Waals surface area contributed by atoms with E-state index in [0.29, 0.717) is 17.8 Å². The molecule has 0 fully saturated rings. The van der Waals surface area contributed by atoms with Crippen molar-refractivity contribution in [1.82, 2.24) is 14.8 Å². The van der Waals surface area contributed by atoms with Gasteiger partial charge in [-0.25, -0.2) is 9.67 Å². The molecule has 0 saturated carbocycles. The Morgan fingerprint density at radius 3 is 2.48 bits per heavy atom. The summed E-state index contributed by atoms with van der Waals surface area (Å²) in [7, 11) is 1.68. The number of aromatic nitrogens is 3. The molecule has 0 aliphatic rings. The molecule has 1 atom stereocenters. The maximum Gasteiger partial charge on any atom is 0.138 e. The fraction of sp³-hybridized carbons (Fsp3) is 0.500. The molecule has 2 aromatic rings. The van der Waals surface area contributed by atoms with Gasteiger partial charge >= 0.3 is 0 Å². The Morgan fingerprint density at radius 2 is 1.90 bits per heavy atom. The van der Waals surface area contributed by atoms with E-state index >= 15 is 0 Å². The van der Waals surface area contributed by atoms with E-state index < -0.39 is 0 Å². The van der Waals surface area contributed by atoms with E-state index in [9.17, 15) is 0 Å². The first kappa shape index (κ1) is 15.8. The van der Waals surface area contributed by atoms with Crippen LogP contribution in [0.1, 0.15) is 31.3 Å². The lowest BCUT2D eigenvalue weighted by molar-refractivity contribution is 0.414. The Labute approximate surface area is 131 Å². The average Bonchev–Trinajstić information content (AvgIpc) is 2.95. The van der Waals surface area contributed by atoms with E-state index in [1.54, 1.807) is 13.4 Å². The van der Waals surface area contributed by atoms with Crippen LogP contribution in [0.4, 0.5) is 0 Å². The molecule has 0 aliphatic carbocycles. The lowest BCUT2D eigenvalue weighted by Gasteiger charge is -2.16. The van der Waals surface area contributed by atoms with Crippen molar-refractivity contribution in [2.45, 2.75) is 32.7 Å². The third-order valence-corrected chi connectivity index (χ3v) is 3.95. The molecular weight excluding hydrogens is 286 g/mol. The summed E-state index contributed by atoms with van der Waals surface area (Å²) in [5.41, 5.74) is 1.26. The van der Waals surface area contributed by atoms with Crippen molar-refractivity contribution in [3.05, 3.63) is 42.0 Å². The van der Waals surface area contributed by atoms with Crippen LogP contribution in [-0.4, -0.2) is 27.8 Å². The van der Waals surface area contributed by atoms with Crippen molar-refractivity contribution in [1.29, 1.82) is 0 Å². The number of nitrogens with zero attached hydrogens (tertiary/aromatic N) is 3. The van der Waals surface area contributed by atoms with Crippen LogP contribution in [0.25, 0.3) is 0 Å². The van der Waals surface area contributed by atoms with Crippen LogP contribution in [0.15, 0.2) is 30.6 Å². The Bertz CT molecular complexity index is 551. The zero-order chi connectivity index (χ0) is 15.2. The molecule has 0 spiro atoms. The molecule has 0 aliphatic heterocycles. The molecule has 0 N–H and O–H groups in total. The molecule has 0 bridgehead atoms. The third-order valence-electron chi connectivity index (χ3n) is 3.51. The first-order chi connectivity index (χ1) is 10.1. The molecule has 1 aromatic heterocycles. The molecule has 1 heterocycles. The van der Waals surface area contributed by atoms with E-state index in [4.69, 9.17) is 16.3 Å². The van der Waals surface area contributed by atoms with Crippen LogP contribution in [0.3, 0.4) is 0 Å². The Kier molecular flexibility index (Phi) is 5.62. The van der Waals surface area contributed by atoms with E-state index in [-0.39, 0.29) is 0 Å². The maximum absolute atomic E-state index is 6.14. The molecule has 1 aromatic carbocycles. The molecule has 4 nitrogen and oxygen atoms in total. The number of hydrogen-bond acceptors (Lipinski definition) is 3. The first-order valence-electron chi connectivity index (χ1n) is 7.21. The van der Waals surface area contributed by atoms with Gasteiger partial charge in [-0.1, -0.05) is 12.1 Å². The van der Waals surface area contributed by atoms with Gasteiger partial charge in [0.05, 0.1) is 7.11 Å². The van der Waals surface area contributed by atoms with Crippen molar-refractivity contribution < 1.29 is 4.74 Å². The van der Waals surface area contributed by atoms with Gasteiger partial charge in [0.15, 0.2) is 0 Å². The summed E-state index contributed by atoms with van der Waals surface area (Å²) >= 11 is 6.14. The van der Waals surface area contributed by atoms with Crippen LogP contribution >= 0.6 is 11.6 Å². The predicted molar refractivity (Wildman–Crippen MR) is 85.0 cm³/mol. The number of halogens is 1. The Balaban J connectivity index is 2.03. The summed E-state index contributed by atoms with van der Waals surface area (Å²) in [6, 6.07) is 8.46. The summed E-state index contributed by atoms with van der Waals surface area (Å²) in [5, 5.41) is 4.28. The molecule has 0 amide bonds.